The Hall–Kier alpha value is -1.27. The summed E-state index contributed by atoms with van der Waals surface area (Å²) in [5.74, 6) is 0.251. The summed E-state index contributed by atoms with van der Waals surface area (Å²) in [5, 5.41) is 2.83. The van der Waals surface area contributed by atoms with Crippen LogP contribution in [0.25, 0.3) is 0 Å². The number of hydrogen-bond donors (Lipinski definition) is 1. The van der Waals surface area contributed by atoms with E-state index < -0.39 is 0 Å². The van der Waals surface area contributed by atoms with Gasteiger partial charge in [-0.2, -0.15) is 0 Å². The number of hydrogen-bond acceptors (Lipinski definition) is 5. The lowest BCUT2D eigenvalue weighted by molar-refractivity contribution is -0.125. The number of Topliss-reactive ketones (excluding diaryl/α,β-unsaturated/α-hetero) is 2. The van der Waals surface area contributed by atoms with Gasteiger partial charge >= 0.3 is 0 Å². The molecule has 0 aromatic heterocycles. The van der Waals surface area contributed by atoms with Gasteiger partial charge < -0.3 is 14.8 Å². The minimum atomic E-state index is -0.277. The predicted molar refractivity (Wildman–Crippen MR) is 92.8 cm³/mol. The van der Waals surface area contributed by atoms with E-state index in [0.717, 1.165) is 0 Å². The van der Waals surface area contributed by atoms with Crippen LogP contribution in [0.5, 0.6) is 0 Å². The van der Waals surface area contributed by atoms with Crippen molar-refractivity contribution in [2.45, 2.75) is 59.9 Å². The summed E-state index contributed by atoms with van der Waals surface area (Å²) >= 11 is 0. The van der Waals surface area contributed by atoms with Crippen molar-refractivity contribution in [3.63, 3.8) is 0 Å². The lowest BCUT2D eigenvalue weighted by Gasteiger charge is -2.19. The molecule has 1 amide bonds. The Bertz CT molecular complexity index is 365. The zero-order valence-electron chi connectivity index (χ0n) is 15.7. The maximum atomic E-state index is 11.6. The first kappa shape index (κ1) is 22.7. The van der Waals surface area contributed by atoms with Gasteiger partial charge in [-0.3, -0.25) is 14.4 Å². The van der Waals surface area contributed by atoms with Gasteiger partial charge in [0.1, 0.15) is 11.6 Å². The first-order chi connectivity index (χ1) is 11.3. The fourth-order valence-electron chi connectivity index (χ4n) is 1.84. The van der Waals surface area contributed by atoms with Crippen molar-refractivity contribution in [1.82, 2.24) is 5.32 Å². The molecule has 0 aliphatic carbocycles. The van der Waals surface area contributed by atoms with Crippen LogP contribution in [0, 0.1) is 11.8 Å². The van der Waals surface area contributed by atoms with E-state index >= 15 is 0 Å². The first-order valence-electron chi connectivity index (χ1n) is 8.78. The third kappa shape index (κ3) is 11.3. The highest BCUT2D eigenvalue weighted by atomic mass is 16.5. The van der Waals surface area contributed by atoms with Gasteiger partial charge in [-0.1, -0.05) is 34.6 Å². The smallest absolute Gasteiger partial charge is 0.220 e. The molecule has 0 heterocycles. The van der Waals surface area contributed by atoms with Crippen LogP contribution in [0.1, 0.15) is 53.9 Å². The molecule has 140 valence electrons. The van der Waals surface area contributed by atoms with Crippen LogP contribution in [-0.2, 0) is 23.9 Å². The number of carbonyl (C=O) groups excluding carboxylic acids is 3. The van der Waals surface area contributed by atoms with Crippen LogP contribution in [0.3, 0.4) is 0 Å². The fraction of sp³-hybridized carbons (Fsp3) is 0.833. The van der Waals surface area contributed by atoms with Gasteiger partial charge in [0.25, 0.3) is 0 Å². The Balaban J connectivity index is 4.12. The van der Waals surface area contributed by atoms with Crippen LogP contribution in [0.15, 0.2) is 0 Å². The summed E-state index contributed by atoms with van der Waals surface area (Å²) in [7, 11) is 0. The number of rotatable bonds is 14. The molecule has 0 aromatic carbocycles. The standard InChI is InChI=1S/C18H33NO5/c1-6-18(22)19-15(11-23-9-7-16(20)13(2)3)12-24-10-8-17(21)14(4)5/h13-15H,6-12H2,1-5H3,(H,19,22). The monoisotopic (exact) mass is 343 g/mol. The van der Waals surface area contributed by atoms with Crippen LogP contribution < -0.4 is 5.32 Å². The van der Waals surface area contributed by atoms with Crippen molar-refractivity contribution in [3.05, 3.63) is 0 Å². The van der Waals surface area contributed by atoms with Crippen molar-refractivity contribution >= 4 is 17.5 Å². The Morgan fingerprint density at radius 3 is 1.58 bits per heavy atom. The van der Waals surface area contributed by atoms with E-state index in [4.69, 9.17) is 9.47 Å². The Morgan fingerprint density at radius 2 is 1.25 bits per heavy atom. The largest absolute Gasteiger partial charge is 0.379 e. The van der Waals surface area contributed by atoms with Gasteiger partial charge in [0.05, 0.1) is 32.5 Å². The summed E-state index contributed by atoms with van der Waals surface area (Å²) in [4.78, 5) is 34.6. The predicted octanol–water partition coefficient (Wildman–Crippen LogP) is 2.14. The summed E-state index contributed by atoms with van der Waals surface area (Å²) in [6.07, 6.45) is 1.12. The van der Waals surface area contributed by atoms with E-state index in [1.807, 2.05) is 27.7 Å². The first-order valence-corrected chi connectivity index (χ1v) is 8.78. The van der Waals surface area contributed by atoms with Gasteiger partial charge in [0.15, 0.2) is 0 Å². The van der Waals surface area contributed by atoms with E-state index in [9.17, 15) is 14.4 Å². The summed E-state index contributed by atoms with van der Waals surface area (Å²) in [6, 6.07) is -0.277. The second-order valence-corrected chi connectivity index (χ2v) is 6.51. The van der Waals surface area contributed by atoms with Crippen molar-refractivity contribution < 1.29 is 23.9 Å². The molecule has 0 saturated heterocycles. The molecule has 0 bridgehead atoms. The highest BCUT2D eigenvalue weighted by Gasteiger charge is 2.14. The summed E-state index contributed by atoms with van der Waals surface area (Å²) in [6.45, 7) is 10.5. The molecule has 0 aliphatic heterocycles. The molecule has 0 saturated carbocycles. The van der Waals surface area contributed by atoms with Gasteiger partial charge in [0.2, 0.25) is 5.91 Å². The average Bonchev–Trinajstić information content (AvgIpc) is 2.53. The molecule has 0 unspecified atom stereocenters. The van der Waals surface area contributed by atoms with Gasteiger partial charge in [-0.15, -0.1) is 0 Å². The third-order valence-electron chi connectivity index (χ3n) is 3.60. The van der Waals surface area contributed by atoms with Crippen LogP contribution in [-0.4, -0.2) is 49.9 Å². The SMILES string of the molecule is CCC(=O)NC(COCCC(=O)C(C)C)COCCC(=O)C(C)C. The number of carbonyl (C=O) groups is 3. The van der Waals surface area contributed by atoms with Crippen LogP contribution in [0.2, 0.25) is 0 Å². The Kier molecular flexibility index (Phi) is 12.4. The van der Waals surface area contributed by atoms with Gasteiger partial charge in [-0.25, -0.2) is 0 Å². The van der Waals surface area contributed by atoms with Crippen LogP contribution >= 0.6 is 0 Å². The topological polar surface area (TPSA) is 81.7 Å². The molecule has 0 rings (SSSR count). The molecule has 6 heteroatoms. The van der Waals surface area contributed by atoms with Crippen molar-refractivity contribution in [2.75, 3.05) is 26.4 Å². The maximum Gasteiger partial charge on any atom is 0.220 e. The molecular formula is C18H33NO5. The maximum absolute atomic E-state index is 11.6. The molecule has 0 fully saturated rings. The third-order valence-corrected chi connectivity index (χ3v) is 3.60. The molecule has 0 aromatic rings. The molecule has 24 heavy (non-hydrogen) atoms. The zero-order valence-corrected chi connectivity index (χ0v) is 15.7. The number of nitrogens with one attached hydrogen (secondary N) is 1. The second-order valence-electron chi connectivity index (χ2n) is 6.51. The zero-order chi connectivity index (χ0) is 18.5. The number of ether oxygens (including phenoxy) is 2. The Labute approximate surface area is 145 Å². The average molecular weight is 343 g/mol. The van der Waals surface area contributed by atoms with Gasteiger partial charge in [0, 0.05) is 31.1 Å². The molecule has 0 spiro atoms. The van der Waals surface area contributed by atoms with Crippen molar-refractivity contribution in [3.8, 4) is 0 Å². The minimum Gasteiger partial charge on any atom is -0.379 e. The lowest BCUT2D eigenvalue weighted by Crippen LogP contribution is -2.41. The molecule has 1 N–H and O–H groups in total. The Morgan fingerprint density at radius 1 is 0.833 bits per heavy atom. The van der Waals surface area contributed by atoms with E-state index in [0.29, 0.717) is 32.5 Å². The van der Waals surface area contributed by atoms with E-state index in [1.54, 1.807) is 6.92 Å². The molecule has 6 nitrogen and oxygen atoms in total. The summed E-state index contributed by atoms with van der Waals surface area (Å²) in [5.41, 5.74) is 0. The highest BCUT2D eigenvalue weighted by Crippen LogP contribution is 2.01. The van der Waals surface area contributed by atoms with Crippen molar-refractivity contribution in [1.29, 1.82) is 0 Å². The molecule has 0 radical (unpaired) electrons. The van der Waals surface area contributed by atoms with Crippen LogP contribution in [0.4, 0.5) is 0 Å². The molecule has 0 atom stereocenters. The van der Waals surface area contributed by atoms with E-state index in [-0.39, 0.29) is 48.6 Å². The number of ketones is 2. The van der Waals surface area contributed by atoms with E-state index in [2.05, 4.69) is 5.32 Å². The normalized spacial score (nSPS) is 11.3. The quantitative estimate of drug-likeness (QED) is 0.489. The highest BCUT2D eigenvalue weighted by molar-refractivity contribution is 5.80. The van der Waals surface area contributed by atoms with Crippen molar-refractivity contribution in [2.24, 2.45) is 11.8 Å². The lowest BCUT2D eigenvalue weighted by atomic mass is 10.1. The number of amides is 1. The van der Waals surface area contributed by atoms with E-state index in [1.165, 1.54) is 0 Å². The minimum absolute atomic E-state index is 0.00557. The molecular weight excluding hydrogens is 310 g/mol. The fourth-order valence-corrected chi connectivity index (χ4v) is 1.84. The molecule has 0 aliphatic rings. The second kappa shape index (κ2) is 13.1. The van der Waals surface area contributed by atoms with Gasteiger partial charge in [-0.05, 0) is 0 Å². The summed E-state index contributed by atoms with van der Waals surface area (Å²) < 4.78 is 11.0.